The number of carbonyl (C=O) groups excluding carboxylic acids is 2. The van der Waals surface area contributed by atoms with Gasteiger partial charge in [-0.25, -0.2) is 4.79 Å². The highest BCUT2D eigenvalue weighted by molar-refractivity contribution is 5.89. The summed E-state index contributed by atoms with van der Waals surface area (Å²) in [4.78, 5) is 23.2. The maximum absolute atomic E-state index is 11.9. The first-order valence-corrected chi connectivity index (χ1v) is 7.48. The molecule has 0 spiro atoms. The minimum atomic E-state index is -0.405. The molecule has 0 saturated heterocycles. The molecule has 0 aliphatic carbocycles. The molecule has 1 aromatic rings. The van der Waals surface area contributed by atoms with Gasteiger partial charge in [-0.15, -0.1) is 0 Å². The first kappa shape index (κ1) is 17.2. The lowest BCUT2D eigenvalue weighted by Gasteiger charge is -2.11. The summed E-state index contributed by atoms with van der Waals surface area (Å²) in [5, 5.41) is 0. The van der Waals surface area contributed by atoms with E-state index in [9.17, 15) is 9.59 Å². The van der Waals surface area contributed by atoms with Gasteiger partial charge in [0.1, 0.15) is 5.75 Å². The second-order valence-electron chi connectivity index (χ2n) is 5.19. The number of hydrogen-bond donors (Lipinski definition) is 0. The first-order chi connectivity index (χ1) is 10.1. The Morgan fingerprint density at radius 3 is 2.33 bits per heavy atom. The van der Waals surface area contributed by atoms with Crippen molar-refractivity contribution in [3.8, 4) is 5.75 Å². The van der Waals surface area contributed by atoms with Crippen LogP contribution in [-0.2, 0) is 9.53 Å². The van der Waals surface area contributed by atoms with E-state index in [0.29, 0.717) is 11.3 Å². The normalized spacial score (nSPS) is 11.8. The average Bonchev–Trinajstić information content (AvgIpc) is 2.51. The van der Waals surface area contributed by atoms with Crippen LogP contribution in [0.15, 0.2) is 24.3 Å². The smallest absolute Gasteiger partial charge is 0.337 e. The van der Waals surface area contributed by atoms with Crippen LogP contribution in [0.4, 0.5) is 0 Å². The molecule has 1 rings (SSSR count). The highest BCUT2D eigenvalue weighted by Crippen LogP contribution is 2.17. The van der Waals surface area contributed by atoms with Gasteiger partial charge in [0.25, 0.3) is 0 Å². The summed E-state index contributed by atoms with van der Waals surface area (Å²) < 4.78 is 9.92. The summed E-state index contributed by atoms with van der Waals surface area (Å²) in [6.45, 7) is 4.05. The van der Waals surface area contributed by atoms with Crippen LogP contribution in [0.25, 0.3) is 0 Å². The third-order valence-corrected chi connectivity index (χ3v) is 3.39. The zero-order valence-electron chi connectivity index (χ0n) is 13.1. The molecule has 0 heterocycles. The van der Waals surface area contributed by atoms with E-state index >= 15 is 0 Å². The van der Waals surface area contributed by atoms with Gasteiger partial charge < -0.3 is 9.47 Å². The van der Waals surface area contributed by atoms with Crippen LogP contribution in [0.5, 0.6) is 5.75 Å². The molecule has 1 aromatic carbocycles. The van der Waals surface area contributed by atoms with Crippen LogP contribution in [0.2, 0.25) is 0 Å². The summed E-state index contributed by atoms with van der Waals surface area (Å²) >= 11 is 0. The molecule has 0 aliphatic rings. The SMILES string of the molecule is CCCCCCC(C)C(=O)Oc1ccc(C(=O)OC)cc1. The number of esters is 2. The second kappa shape index (κ2) is 9.16. The van der Waals surface area contributed by atoms with E-state index in [0.717, 1.165) is 19.3 Å². The Hall–Kier alpha value is -1.84. The first-order valence-electron chi connectivity index (χ1n) is 7.48. The quantitative estimate of drug-likeness (QED) is 0.413. The topological polar surface area (TPSA) is 52.6 Å². The monoisotopic (exact) mass is 292 g/mol. The minimum absolute atomic E-state index is 0.109. The van der Waals surface area contributed by atoms with Crippen molar-refractivity contribution in [2.24, 2.45) is 5.92 Å². The van der Waals surface area contributed by atoms with Gasteiger partial charge in [0.05, 0.1) is 18.6 Å². The van der Waals surface area contributed by atoms with Crippen LogP contribution < -0.4 is 4.74 Å². The molecule has 1 unspecified atom stereocenters. The molecule has 0 fully saturated rings. The summed E-state index contributed by atoms with van der Waals surface area (Å²) in [5.74, 6) is -0.287. The highest BCUT2D eigenvalue weighted by atomic mass is 16.5. The van der Waals surface area contributed by atoms with Crippen molar-refractivity contribution in [2.45, 2.75) is 46.0 Å². The number of hydrogen-bond acceptors (Lipinski definition) is 4. The van der Waals surface area contributed by atoms with Gasteiger partial charge in [-0.3, -0.25) is 4.79 Å². The summed E-state index contributed by atoms with van der Waals surface area (Å²) in [5.41, 5.74) is 0.435. The third kappa shape index (κ3) is 5.98. The molecule has 0 amide bonds. The van der Waals surface area contributed by atoms with Gasteiger partial charge in [0.15, 0.2) is 0 Å². The number of unbranched alkanes of at least 4 members (excludes halogenated alkanes) is 3. The summed E-state index contributed by atoms with van der Waals surface area (Å²) in [6.07, 6.45) is 5.44. The fourth-order valence-electron chi connectivity index (χ4n) is 1.99. The van der Waals surface area contributed by atoms with E-state index in [2.05, 4.69) is 11.7 Å². The highest BCUT2D eigenvalue weighted by Gasteiger charge is 2.15. The summed E-state index contributed by atoms with van der Waals surface area (Å²) in [7, 11) is 1.33. The lowest BCUT2D eigenvalue weighted by molar-refractivity contribution is -0.138. The molecule has 0 saturated carbocycles. The number of ether oxygens (including phenoxy) is 2. The standard InChI is InChI=1S/C17H24O4/c1-4-5-6-7-8-13(2)16(18)21-15-11-9-14(10-12-15)17(19)20-3/h9-13H,4-8H2,1-3H3. The molecule has 21 heavy (non-hydrogen) atoms. The van der Waals surface area contributed by atoms with Crippen molar-refractivity contribution >= 4 is 11.9 Å². The van der Waals surface area contributed by atoms with E-state index in [1.165, 1.54) is 20.0 Å². The predicted molar refractivity (Wildman–Crippen MR) is 81.3 cm³/mol. The van der Waals surface area contributed by atoms with Crippen LogP contribution in [0, 0.1) is 5.92 Å². The number of benzene rings is 1. The average molecular weight is 292 g/mol. The van der Waals surface area contributed by atoms with Crippen LogP contribution >= 0.6 is 0 Å². The van der Waals surface area contributed by atoms with Crippen LogP contribution in [0.3, 0.4) is 0 Å². The summed E-state index contributed by atoms with van der Waals surface area (Å²) in [6, 6.07) is 6.38. The minimum Gasteiger partial charge on any atom is -0.465 e. The molecule has 0 aromatic heterocycles. The predicted octanol–water partition coefficient (Wildman–Crippen LogP) is 3.99. The lowest BCUT2D eigenvalue weighted by Crippen LogP contribution is -2.17. The molecule has 116 valence electrons. The molecule has 0 N–H and O–H groups in total. The number of methoxy groups -OCH3 is 1. The van der Waals surface area contributed by atoms with Gasteiger partial charge in [-0.1, -0.05) is 39.5 Å². The maximum Gasteiger partial charge on any atom is 0.337 e. The Balaban J connectivity index is 2.45. The molecule has 4 nitrogen and oxygen atoms in total. The van der Waals surface area contributed by atoms with E-state index in [1.807, 2.05) is 6.92 Å². The van der Waals surface area contributed by atoms with E-state index in [4.69, 9.17) is 4.74 Å². The van der Waals surface area contributed by atoms with Gasteiger partial charge in [0.2, 0.25) is 0 Å². The van der Waals surface area contributed by atoms with E-state index < -0.39 is 5.97 Å². The zero-order valence-corrected chi connectivity index (χ0v) is 13.1. The Morgan fingerprint density at radius 2 is 1.76 bits per heavy atom. The molecular weight excluding hydrogens is 268 g/mol. The van der Waals surface area contributed by atoms with Crippen LogP contribution in [0.1, 0.15) is 56.3 Å². The van der Waals surface area contributed by atoms with Crippen molar-refractivity contribution in [1.82, 2.24) is 0 Å². The maximum atomic E-state index is 11.9. The molecule has 0 bridgehead atoms. The number of rotatable bonds is 8. The Bertz CT molecular complexity index is 450. The number of carbonyl (C=O) groups is 2. The van der Waals surface area contributed by atoms with E-state index in [1.54, 1.807) is 24.3 Å². The van der Waals surface area contributed by atoms with Crippen molar-refractivity contribution < 1.29 is 19.1 Å². The fraction of sp³-hybridized carbons (Fsp3) is 0.529. The van der Waals surface area contributed by atoms with Gasteiger partial charge >= 0.3 is 11.9 Å². The molecule has 0 radical (unpaired) electrons. The van der Waals surface area contributed by atoms with Gasteiger partial charge in [-0.2, -0.15) is 0 Å². The lowest BCUT2D eigenvalue weighted by atomic mass is 10.0. The molecule has 4 heteroatoms. The van der Waals surface area contributed by atoms with Gasteiger partial charge in [-0.05, 0) is 30.7 Å². The molecule has 1 atom stereocenters. The zero-order chi connectivity index (χ0) is 15.7. The van der Waals surface area contributed by atoms with Crippen molar-refractivity contribution in [2.75, 3.05) is 7.11 Å². The third-order valence-electron chi connectivity index (χ3n) is 3.39. The van der Waals surface area contributed by atoms with Crippen molar-refractivity contribution in [1.29, 1.82) is 0 Å². The van der Waals surface area contributed by atoms with Crippen molar-refractivity contribution in [3.63, 3.8) is 0 Å². The largest absolute Gasteiger partial charge is 0.465 e. The Kier molecular flexibility index (Phi) is 7.51. The van der Waals surface area contributed by atoms with E-state index in [-0.39, 0.29) is 11.9 Å². The van der Waals surface area contributed by atoms with Crippen molar-refractivity contribution in [3.05, 3.63) is 29.8 Å². The molecule has 0 aliphatic heterocycles. The molecular formula is C17H24O4. The van der Waals surface area contributed by atoms with Crippen LogP contribution in [-0.4, -0.2) is 19.0 Å². The fourth-order valence-corrected chi connectivity index (χ4v) is 1.99. The Labute approximate surface area is 126 Å². The van der Waals surface area contributed by atoms with Gasteiger partial charge in [0, 0.05) is 0 Å². The second-order valence-corrected chi connectivity index (χ2v) is 5.19. The Morgan fingerprint density at radius 1 is 1.10 bits per heavy atom.